The van der Waals surface area contributed by atoms with E-state index in [1.54, 1.807) is 4.90 Å². The Labute approximate surface area is 99.3 Å². The maximum Gasteiger partial charge on any atom is 0.410 e. The van der Waals surface area contributed by atoms with Crippen molar-refractivity contribution in [3.63, 3.8) is 0 Å². The minimum atomic E-state index is -0.521. The van der Waals surface area contributed by atoms with Crippen molar-refractivity contribution >= 4 is 6.09 Å². The van der Waals surface area contributed by atoms with E-state index in [-0.39, 0.29) is 24.3 Å². The van der Waals surface area contributed by atoms with Crippen molar-refractivity contribution in [1.82, 2.24) is 4.90 Å². The molecule has 0 unspecified atom stereocenters. The minimum absolute atomic E-state index is 0.00762. The zero-order chi connectivity index (χ0) is 12.6. The van der Waals surface area contributed by atoms with Crippen molar-refractivity contribution < 1.29 is 14.3 Å². The highest BCUT2D eigenvalue weighted by molar-refractivity contribution is 5.68. The molecule has 0 N–H and O–H groups in total. The molecule has 0 aromatic rings. The fraction of sp³-hybridized carbons (Fsp3) is 0.900. The van der Waals surface area contributed by atoms with Gasteiger partial charge in [0.1, 0.15) is 11.7 Å². The molecular formula is C10H16N4O3. The number of ether oxygens (including phenoxy) is 2. The second-order valence-electron chi connectivity index (χ2n) is 5.30. The van der Waals surface area contributed by atoms with Crippen molar-refractivity contribution in [2.45, 2.75) is 44.6 Å². The van der Waals surface area contributed by atoms with Crippen LogP contribution in [0.5, 0.6) is 0 Å². The molecule has 2 fully saturated rings. The molecule has 0 aliphatic carbocycles. The second-order valence-corrected chi connectivity index (χ2v) is 5.30. The van der Waals surface area contributed by atoms with Crippen LogP contribution in [0.15, 0.2) is 5.11 Å². The van der Waals surface area contributed by atoms with Crippen LogP contribution >= 0.6 is 0 Å². The highest BCUT2D eigenvalue weighted by Crippen LogP contribution is 2.33. The number of epoxide rings is 1. The number of hydrogen-bond acceptors (Lipinski definition) is 4. The fourth-order valence-corrected chi connectivity index (χ4v) is 1.91. The van der Waals surface area contributed by atoms with Crippen LogP contribution in [0, 0.1) is 0 Å². The van der Waals surface area contributed by atoms with Crippen LogP contribution in [0.25, 0.3) is 10.4 Å². The molecule has 0 bridgehead atoms. The van der Waals surface area contributed by atoms with Gasteiger partial charge < -0.3 is 14.4 Å². The molecular weight excluding hydrogens is 224 g/mol. The van der Waals surface area contributed by atoms with Gasteiger partial charge in [-0.05, 0) is 26.3 Å². The number of amides is 1. The Balaban J connectivity index is 1.98. The molecule has 17 heavy (non-hydrogen) atoms. The van der Waals surface area contributed by atoms with Crippen LogP contribution in [0.3, 0.4) is 0 Å². The molecule has 0 radical (unpaired) electrons. The third kappa shape index (κ3) is 2.81. The standard InChI is InChI=1S/C10H16N4O3/c1-10(2,3)17-9(15)14-4-6(12-13-11)8-7(5-14)16-8/h6-8H,4-5H2,1-3H3/t6-,7-,8+/m0/s1. The van der Waals surface area contributed by atoms with E-state index < -0.39 is 5.60 Å². The Morgan fingerprint density at radius 1 is 1.53 bits per heavy atom. The normalized spacial score (nSPS) is 31.2. The van der Waals surface area contributed by atoms with E-state index in [9.17, 15) is 4.79 Å². The van der Waals surface area contributed by atoms with Gasteiger partial charge in [-0.3, -0.25) is 0 Å². The summed E-state index contributed by atoms with van der Waals surface area (Å²) in [6.45, 7) is 6.32. The van der Waals surface area contributed by atoms with Gasteiger partial charge in [0.2, 0.25) is 0 Å². The summed E-state index contributed by atoms with van der Waals surface area (Å²) in [5.41, 5.74) is 7.91. The van der Waals surface area contributed by atoms with E-state index >= 15 is 0 Å². The van der Waals surface area contributed by atoms with Crippen LogP contribution in [0.4, 0.5) is 4.79 Å². The zero-order valence-electron chi connectivity index (χ0n) is 10.2. The lowest BCUT2D eigenvalue weighted by atomic mass is 10.1. The average Bonchev–Trinajstić information content (AvgIpc) is 2.94. The summed E-state index contributed by atoms with van der Waals surface area (Å²) in [6.07, 6.45) is -0.416. The van der Waals surface area contributed by atoms with Gasteiger partial charge in [0, 0.05) is 11.5 Å². The van der Waals surface area contributed by atoms with E-state index in [2.05, 4.69) is 10.0 Å². The number of hydrogen-bond donors (Lipinski definition) is 0. The first-order chi connectivity index (χ1) is 7.90. The van der Waals surface area contributed by atoms with Gasteiger partial charge in [-0.15, -0.1) is 0 Å². The Kier molecular flexibility index (Phi) is 2.89. The summed E-state index contributed by atoms with van der Waals surface area (Å²) < 4.78 is 10.6. The van der Waals surface area contributed by atoms with Crippen LogP contribution in [0.2, 0.25) is 0 Å². The molecule has 3 atom stereocenters. The first-order valence-corrected chi connectivity index (χ1v) is 5.58. The van der Waals surface area contributed by atoms with Gasteiger partial charge in [0.15, 0.2) is 0 Å². The van der Waals surface area contributed by atoms with Crippen molar-refractivity contribution in [1.29, 1.82) is 0 Å². The van der Waals surface area contributed by atoms with E-state index in [1.807, 2.05) is 20.8 Å². The third-order valence-corrected chi connectivity index (χ3v) is 2.66. The van der Waals surface area contributed by atoms with Gasteiger partial charge in [-0.2, -0.15) is 0 Å². The summed E-state index contributed by atoms with van der Waals surface area (Å²) >= 11 is 0. The first-order valence-electron chi connectivity index (χ1n) is 5.58. The van der Waals surface area contributed by atoms with Crippen LogP contribution < -0.4 is 0 Å². The van der Waals surface area contributed by atoms with Gasteiger partial charge in [-0.1, -0.05) is 5.11 Å². The molecule has 0 saturated carbocycles. The van der Waals surface area contributed by atoms with Crippen molar-refractivity contribution in [2.75, 3.05) is 13.1 Å². The van der Waals surface area contributed by atoms with Crippen molar-refractivity contribution in [3.8, 4) is 0 Å². The fourth-order valence-electron chi connectivity index (χ4n) is 1.91. The lowest BCUT2D eigenvalue weighted by Crippen LogP contribution is -2.47. The number of nitrogens with zero attached hydrogens (tertiary/aromatic N) is 4. The summed E-state index contributed by atoms with van der Waals surface area (Å²) in [6, 6.07) is -0.300. The Morgan fingerprint density at radius 3 is 2.82 bits per heavy atom. The van der Waals surface area contributed by atoms with Crippen LogP contribution in [-0.2, 0) is 9.47 Å². The second kappa shape index (κ2) is 4.09. The van der Waals surface area contributed by atoms with Gasteiger partial charge in [-0.25, -0.2) is 4.79 Å². The van der Waals surface area contributed by atoms with E-state index in [0.717, 1.165) is 0 Å². The van der Waals surface area contributed by atoms with Crippen molar-refractivity contribution in [2.24, 2.45) is 5.11 Å². The molecule has 0 aromatic heterocycles. The molecule has 2 aliphatic rings. The van der Waals surface area contributed by atoms with Crippen molar-refractivity contribution in [3.05, 3.63) is 10.4 Å². The molecule has 0 spiro atoms. The quantitative estimate of drug-likeness (QED) is 0.302. The van der Waals surface area contributed by atoms with Gasteiger partial charge in [0.05, 0.1) is 18.7 Å². The monoisotopic (exact) mass is 240 g/mol. The van der Waals surface area contributed by atoms with Crippen LogP contribution in [-0.4, -0.2) is 47.9 Å². The maximum atomic E-state index is 11.8. The Bertz CT molecular complexity index is 372. The highest BCUT2D eigenvalue weighted by atomic mass is 16.6. The summed E-state index contributed by atoms with van der Waals surface area (Å²) in [4.78, 5) is 16.2. The summed E-state index contributed by atoms with van der Waals surface area (Å²) in [5, 5.41) is 3.64. The molecule has 2 rings (SSSR count). The number of piperidine rings is 1. The predicted molar refractivity (Wildman–Crippen MR) is 59.4 cm³/mol. The van der Waals surface area contributed by atoms with Gasteiger partial charge >= 0.3 is 6.09 Å². The summed E-state index contributed by atoms with van der Waals surface area (Å²) in [7, 11) is 0. The lowest BCUT2D eigenvalue weighted by Gasteiger charge is -2.30. The summed E-state index contributed by atoms with van der Waals surface area (Å²) in [5.74, 6) is 0. The third-order valence-electron chi connectivity index (χ3n) is 2.66. The number of carbonyl (C=O) groups excluding carboxylic acids is 1. The lowest BCUT2D eigenvalue weighted by molar-refractivity contribution is 0.0218. The molecule has 94 valence electrons. The van der Waals surface area contributed by atoms with E-state index in [4.69, 9.17) is 15.0 Å². The topological polar surface area (TPSA) is 90.8 Å². The van der Waals surface area contributed by atoms with Gasteiger partial charge in [0.25, 0.3) is 0 Å². The molecule has 7 heteroatoms. The SMILES string of the molecule is CC(C)(C)OC(=O)N1C[C@H](N=[N+]=[N-])[C@H]2O[C@H]2C1. The smallest absolute Gasteiger partial charge is 0.410 e. The minimum Gasteiger partial charge on any atom is -0.444 e. The number of rotatable bonds is 1. The van der Waals surface area contributed by atoms with E-state index in [1.165, 1.54) is 0 Å². The molecule has 1 amide bonds. The maximum absolute atomic E-state index is 11.8. The number of carbonyl (C=O) groups is 1. The number of azide groups is 1. The Hall–Kier alpha value is -1.46. The number of fused-ring (bicyclic) bond motifs is 1. The number of likely N-dealkylation sites (tertiary alicyclic amines) is 1. The highest BCUT2D eigenvalue weighted by Gasteiger charge is 2.51. The molecule has 2 heterocycles. The van der Waals surface area contributed by atoms with E-state index in [0.29, 0.717) is 13.1 Å². The Morgan fingerprint density at radius 2 is 2.24 bits per heavy atom. The average molecular weight is 240 g/mol. The molecule has 0 aromatic carbocycles. The predicted octanol–water partition coefficient (Wildman–Crippen LogP) is 1.68. The van der Waals surface area contributed by atoms with Crippen LogP contribution in [0.1, 0.15) is 20.8 Å². The molecule has 2 saturated heterocycles. The first kappa shape index (κ1) is 12.0. The molecule has 2 aliphatic heterocycles. The zero-order valence-corrected chi connectivity index (χ0v) is 10.2. The largest absolute Gasteiger partial charge is 0.444 e. The molecule has 7 nitrogen and oxygen atoms in total.